The van der Waals surface area contributed by atoms with Crippen LogP contribution in [0.15, 0.2) is 48.2 Å². The molecule has 0 unspecified atom stereocenters. The molecule has 1 heterocycles. The van der Waals surface area contributed by atoms with E-state index in [2.05, 4.69) is 5.32 Å². The van der Waals surface area contributed by atoms with E-state index in [1.807, 2.05) is 0 Å². The lowest BCUT2D eigenvalue weighted by molar-refractivity contribution is -0.139. The van der Waals surface area contributed by atoms with Gasteiger partial charge >= 0.3 is 5.97 Å². The highest BCUT2D eigenvalue weighted by Crippen LogP contribution is 2.30. The predicted molar refractivity (Wildman–Crippen MR) is 115 cm³/mol. The fourth-order valence-electron chi connectivity index (χ4n) is 2.81. The molecule has 0 aliphatic carbocycles. The summed E-state index contributed by atoms with van der Waals surface area (Å²) in [4.78, 5) is 25.0. The van der Waals surface area contributed by atoms with E-state index in [1.165, 1.54) is 4.90 Å². The molecule has 156 valence electrons. The second-order valence-corrected chi connectivity index (χ2v) is 6.54. The Hall–Kier alpha value is -3.59. The monoisotopic (exact) mass is 428 g/mol. The molecule has 0 atom stereocenters. The van der Waals surface area contributed by atoms with Crippen LogP contribution < -0.4 is 24.4 Å². The van der Waals surface area contributed by atoms with E-state index in [1.54, 1.807) is 62.6 Å². The van der Waals surface area contributed by atoms with Gasteiger partial charge in [0.05, 0.1) is 19.4 Å². The number of ether oxygens (including phenoxy) is 3. The Balaban J connectivity index is 1.85. The fraction of sp³-hybridized carbons (Fsp3) is 0.190. The van der Waals surface area contributed by atoms with E-state index in [9.17, 15) is 9.59 Å². The van der Waals surface area contributed by atoms with E-state index < -0.39 is 12.6 Å². The molecule has 0 saturated carbocycles. The van der Waals surface area contributed by atoms with Crippen LogP contribution in [0.2, 0.25) is 0 Å². The largest absolute Gasteiger partial charge is 0.497 e. The molecule has 9 heteroatoms. The Bertz CT molecular complexity index is 1000. The first-order valence-electron chi connectivity index (χ1n) is 9.05. The number of hydrogen-bond acceptors (Lipinski definition) is 6. The molecule has 2 N–H and O–H groups in total. The van der Waals surface area contributed by atoms with Crippen LogP contribution in [0.1, 0.15) is 12.5 Å². The minimum atomic E-state index is -1.09. The van der Waals surface area contributed by atoms with E-state index in [4.69, 9.17) is 31.5 Å². The Morgan fingerprint density at radius 1 is 1.17 bits per heavy atom. The van der Waals surface area contributed by atoms with Gasteiger partial charge in [-0.05, 0) is 67.2 Å². The molecular weight excluding hydrogens is 408 g/mol. The van der Waals surface area contributed by atoms with E-state index >= 15 is 0 Å². The summed E-state index contributed by atoms with van der Waals surface area (Å²) >= 11 is 5.32. The maximum Gasteiger partial charge on any atom is 0.341 e. The number of carbonyl (C=O) groups excluding carboxylic acids is 1. The lowest BCUT2D eigenvalue weighted by Crippen LogP contribution is -2.30. The smallest absolute Gasteiger partial charge is 0.341 e. The Kier molecular flexibility index (Phi) is 6.53. The molecule has 0 bridgehead atoms. The average Bonchev–Trinajstić information content (AvgIpc) is 3.00. The van der Waals surface area contributed by atoms with Crippen LogP contribution >= 0.6 is 12.2 Å². The highest BCUT2D eigenvalue weighted by molar-refractivity contribution is 7.80. The third-order valence-electron chi connectivity index (χ3n) is 4.14. The number of nitrogens with zero attached hydrogens (tertiary/aromatic N) is 1. The van der Waals surface area contributed by atoms with Crippen molar-refractivity contribution in [2.75, 3.05) is 25.2 Å². The maximum atomic E-state index is 12.9. The van der Waals surface area contributed by atoms with Gasteiger partial charge < -0.3 is 24.6 Å². The average molecular weight is 428 g/mol. The van der Waals surface area contributed by atoms with Gasteiger partial charge in [0.25, 0.3) is 5.91 Å². The third kappa shape index (κ3) is 4.69. The van der Waals surface area contributed by atoms with Gasteiger partial charge in [-0.15, -0.1) is 0 Å². The molecule has 8 nitrogen and oxygen atoms in total. The zero-order chi connectivity index (χ0) is 21.7. The predicted octanol–water partition coefficient (Wildman–Crippen LogP) is 2.82. The van der Waals surface area contributed by atoms with Crippen molar-refractivity contribution in [3.8, 4) is 17.2 Å². The van der Waals surface area contributed by atoms with Crippen LogP contribution in [0.4, 0.5) is 5.69 Å². The normalized spacial score (nSPS) is 14.6. The lowest BCUT2D eigenvalue weighted by atomic mass is 10.1. The van der Waals surface area contributed by atoms with E-state index in [-0.39, 0.29) is 11.0 Å². The highest BCUT2D eigenvalue weighted by atomic mass is 32.1. The number of carbonyl (C=O) groups is 2. The third-order valence-corrected chi connectivity index (χ3v) is 4.42. The topological polar surface area (TPSA) is 97.3 Å². The Morgan fingerprint density at radius 3 is 2.53 bits per heavy atom. The number of rotatable bonds is 8. The van der Waals surface area contributed by atoms with Gasteiger partial charge in [-0.3, -0.25) is 9.69 Å². The van der Waals surface area contributed by atoms with Gasteiger partial charge in [0.15, 0.2) is 23.2 Å². The Labute approximate surface area is 178 Å². The van der Waals surface area contributed by atoms with Gasteiger partial charge in [-0.2, -0.15) is 0 Å². The van der Waals surface area contributed by atoms with Crippen molar-refractivity contribution in [2.24, 2.45) is 0 Å². The second kappa shape index (κ2) is 9.27. The lowest BCUT2D eigenvalue weighted by Gasteiger charge is -2.14. The van der Waals surface area contributed by atoms with Crippen molar-refractivity contribution in [3.05, 3.63) is 53.7 Å². The molecule has 2 aromatic rings. The fourth-order valence-corrected chi connectivity index (χ4v) is 3.11. The molecule has 1 aliphatic rings. The molecule has 30 heavy (non-hydrogen) atoms. The van der Waals surface area contributed by atoms with Crippen LogP contribution in [0.5, 0.6) is 17.2 Å². The minimum Gasteiger partial charge on any atom is -0.497 e. The summed E-state index contributed by atoms with van der Waals surface area (Å²) in [6.45, 7) is 1.70. The quantitative estimate of drug-likeness (QED) is 0.489. The summed E-state index contributed by atoms with van der Waals surface area (Å²) in [6.07, 6.45) is 1.64. The first-order chi connectivity index (χ1) is 14.4. The van der Waals surface area contributed by atoms with Crippen LogP contribution in [0.25, 0.3) is 6.08 Å². The molecule has 2 aromatic carbocycles. The highest BCUT2D eigenvalue weighted by Gasteiger charge is 2.32. The number of aliphatic carboxylic acids is 1. The van der Waals surface area contributed by atoms with Gasteiger partial charge in [0.1, 0.15) is 11.4 Å². The summed E-state index contributed by atoms with van der Waals surface area (Å²) in [6, 6.07) is 11.9. The molecule has 0 radical (unpaired) electrons. The van der Waals surface area contributed by atoms with Gasteiger partial charge in [0, 0.05) is 0 Å². The summed E-state index contributed by atoms with van der Waals surface area (Å²) in [5, 5.41) is 12.0. The van der Waals surface area contributed by atoms with E-state index in [0.29, 0.717) is 40.8 Å². The number of carboxylic acids is 1. The zero-order valence-corrected chi connectivity index (χ0v) is 17.2. The van der Waals surface area contributed by atoms with Crippen LogP contribution in [0, 0.1) is 0 Å². The van der Waals surface area contributed by atoms with Crippen LogP contribution in [-0.4, -0.2) is 42.4 Å². The molecule has 0 spiro atoms. The first-order valence-corrected chi connectivity index (χ1v) is 9.46. The SMILES string of the molecule is CCOc1cc(C=C2NC(=S)N(c3ccc(OC)cc3)C2=O)ccc1OCC(=O)O. The number of hydrogen-bond donors (Lipinski definition) is 2. The number of thiocarbonyl (C=S) groups is 1. The maximum absolute atomic E-state index is 12.9. The van der Waals surface area contributed by atoms with Gasteiger partial charge in [-0.25, -0.2) is 4.79 Å². The molecule has 1 fully saturated rings. The molecule has 1 amide bonds. The summed E-state index contributed by atoms with van der Waals surface area (Å²) in [5.74, 6) is -0.0184. The van der Waals surface area contributed by atoms with Crippen molar-refractivity contribution in [1.29, 1.82) is 0 Å². The second-order valence-electron chi connectivity index (χ2n) is 6.15. The number of benzene rings is 2. The number of anilines is 1. The molecule has 0 aromatic heterocycles. The van der Waals surface area contributed by atoms with Crippen molar-refractivity contribution in [1.82, 2.24) is 5.32 Å². The number of amides is 1. The van der Waals surface area contributed by atoms with Crippen molar-refractivity contribution in [3.63, 3.8) is 0 Å². The minimum absolute atomic E-state index is 0.267. The summed E-state index contributed by atoms with van der Waals surface area (Å²) < 4.78 is 15.9. The van der Waals surface area contributed by atoms with E-state index in [0.717, 1.165) is 0 Å². The summed E-state index contributed by atoms with van der Waals surface area (Å²) in [7, 11) is 1.57. The standard InChI is InChI=1S/C21H20N2O6S/c1-3-28-18-11-13(4-9-17(18)29-12-19(24)25)10-16-20(26)23(21(30)22-16)14-5-7-15(27-2)8-6-14/h4-11H,3,12H2,1-2H3,(H,22,30)(H,24,25). The number of carboxylic acid groups (broad SMARTS) is 1. The summed E-state index contributed by atoms with van der Waals surface area (Å²) in [5.41, 5.74) is 1.59. The van der Waals surface area contributed by atoms with Gasteiger partial charge in [0.2, 0.25) is 0 Å². The number of nitrogens with one attached hydrogen (secondary N) is 1. The first kappa shape index (κ1) is 21.1. The van der Waals surface area contributed by atoms with Crippen molar-refractivity contribution >= 4 is 41.0 Å². The van der Waals surface area contributed by atoms with Gasteiger partial charge in [-0.1, -0.05) is 6.07 Å². The number of methoxy groups -OCH3 is 1. The van der Waals surface area contributed by atoms with Crippen molar-refractivity contribution < 1.29 is 28.9 Å². The molecule has 1 aliphatic heterocycles. The molecular formula is C21H20N2O6S. The molecule has 3 rings (SSSR count). The Morgan fingerprint density at radius 2 is 1.90 bits per heavy atom. The zero-order valence-electron chi connectivity index (χ0n) is 16.4. The van der Waals surface area contributed by atoms with Crippen LogP contribution in [0.3, 0.4) is 0 Å². The molecule has 1 saturated heterocycles. The van der Waals surface area contributed by atoms with Crippen molar-refractivity contribution in [2.45, 2.75) is 6.92 Å². The van der Waals surface area contributed by atoms with Crippen LogP contribution in [-0.2, 0) is 9.59 Å².